The fourth-order valence-corrected chi connectivity index (χ4v) is 4.37. The zero-order valence-electron chi connectivity index (χ0n) is 19.2. The predicted molar refractivity (Wildman–Crippen MR) is 129 cm³/mol. The highest BCUT2D eigenvalue weighted by atomic mass is 35.5. The molecule has 3 aromatic rings. The van der Waals surface area contributed by atoms with Crippen molar-refractivity contribution in [2.75, 3.05) is 25.0 Å². The van der Waals surface area contributed by atoms with Crippen molar-refractivity contribution in [1.29, 1.82) is 0 Å². The van der Waals surface area contributed by atoms with Gasteiger partial charge >= 0.3 is 0 Å². The number of rotatable bonds is 12. The summed E-state index contributed by atoms with van der Waals surface area (Å²) in [5, 5.41) is 9.06. The predicted octanol–water partition coefficient (Wildman–Crippen LogP) is 3.61. The van der Waals surface area contributed by atoms with E-state index in [0.29, 0.717) is 45.0 Å². The second kappa shape index (κ2) is 12.1. The van der Waals surface area contributed by atoms with Gasteiger partial charge in [0.1, 0.15) is 11.6 Å². The zero-order chi connectivity index (χ0) is 25.5. The summed E-state index contributed by atoms with van der Waals surface area (Å²) in [5.41, 5.74) is 2.01. The molecule has 3 N–H and O–H groups in total. The molecule has 1 unspecified atom stereocenters. The van der Waals surface area contributed by atoms with Gasteiger partial charge in [0.05, 0.1) is 11.3 Å². The number of carbonyl (C=O) groups is 1. The third kappa shape index (κ3) is 6.10. The van der Waals surface area contributed by atoms with Crippen LogP contribution in [0.3, 0.4) is 0 Å². The minimum absolute atomic E-state index is 0.0379. The molecule has 1 atom stereocenters. The number of hydrogen-bond donors (Lipinski definition) is 3. The van der Waals surface area contributed by atoms with Crippen molar-refractivity contribution in [1.82, 2.24) is 30.5 Å². The maximum absolute atomic E-state index is 14.5. The van der Waals surface area contributed by atoms with Crippen LogP contribution in [0.1, 0.15) is 40.4 Å². The van der Waals surface area contributed by atoms with Crippen LogP contribution in [0.4, 0.5) is 19.0 Å². The molecule has 0 saturated carbocycles. The number of anilines is 1. The van der Waals surface area contributed by atoms with Gasteiger partial charge in [-0.05, 0) is 23.2 Å². The van der Waals surface area contributed by atoms with Crippen LogP contribution in [0.5, 0.6) is 0 Å². The fraction of sp³-hybridized carbons (Fsp3) is 0.333. The van der Waals surface area contributed by atoms with Crippen LogP contribution in [-0.4, -0.2) is 45.9 Å². The number of fused-ring (bicyclic) bond motifs is 1. The van der Waals surface area contributed by atoms with Crippen molar-refractivity contribution in [2.24, 2.45) is 0 Å². The molecule has 1 aliphatic rings. The van der Waals surface area contributed by atoms with Gasteiger partial charge < -0.3 is 16.0 Å². The molecule has 1 amide bonds. The summed E-state index contributed by atoms with van der Waals surface area (Å²) in [6.45, 7) is 2.64. The molecule has 0 bridgehead atoms. The van der Waals surface area contributed by atoms with Gasteiger partial charge in [-0.25, -0.2) is 23.1 Å². The molecule has 12 heteroatoms. The van der Waals surface area contributed by atoms with Gasteiger partial charge in [0, 0.05) is 68.8 Å². The normalized spacial score (nSPS) is 14.0. The summed E-state index contributed by atoms with van der Waals surface area (Å²) in [6, 6.07) is 7.72. The van der Waals surface area contributed by atoms with Crippen LogP contribution < -0.4 is 16.0 Å². The number of nitrogens with one attached hydrogen (secondary N) is 3. The molecule has 2 aromatic heterocycles. The third-order valence-corrected chi connectivity index (χ3v) is 6.12. The summed E-state index contributed by atoms with van der Waals surface area (Å²) in [4.78, 5) is 25.6. The molecule has 190 valence electrons. The lowest BCUT2D eigenvalue weighted by molar-refractivity contribution is -0.109. The molecule has 0 aliphatic carbocycles. The SMILES string of the molecule is O=CNCCNCC(c1cccnc1)N1Cc2nc(Cl)nc(NCc3cccc(C(F)F)c3F)c2C1. The number of carbonyl (C=O) groups excluding carboxylic acids is 1. The van der Waals surface area contributed by atoms with Crippen LogP contribution in [0.25, 0.3) is 0 Å². The summed E-state index contributed by atoms with van der Waals surface area (Å²) in [7, 11) is 0. The third-order valence-electron chi connectivity index (χ3n) is 5.95. The zero-order valence-corrected chi connectivity index (χ0v) is 20.0. The highest BCUT2D eigenvalue weighted by Gasteiger charge is 2.31. The monoisotopic (exact) mass is 519 g/mol. The lowest BCUT2D eigenvalue weighted by Crippen LogP contribution is -2.35. The van der Waals surface area contributed by atoms with Crippen molar-refractivity contribution in [3.8, 4) is 0 Å². The van der Waals surface area contributed by atoms with E-state index in [2.05, 4.69) is 35.8 Å². The van der Waals surface area contributed by atoms with Crippen LogP contribution in [-0.2, 0) is 24.4 Å². The molecule has 0 fully saturated rings. The van der Waals surface area contributed by atoms with Gasteiger partial charge in [-0.2, -0.15) is 0 Å². The van der Waals surface area contributed by atoms with Crippen molar-refractivity contribution in [3.05, 3.63) is 81.8 Å². The standard InChI is InChI=1S/C24H25ClF3N7O/c25-24-33-19-13-35(20(11-30-7-8-31-14-36)15-4-2-6-29-9-15)12-18(19)23(34-24)32-10-16-3-1-5-17(21(16)26)22(27)28/h1-6,9,14,20,22,30H,7-8,10-13H2,(H,31,36)(H,32,33,34). The Morgan fingerprint density at radius 1 is 1.14 bits per heavy atom. The highest BCUT2D eigenvalue weighted by Crippen LogP contribution is 2.34. The summed E-state index contributed by atoms with van der Waals surface area (Å²) >= 11 is 6.17. The number of hydrogen-bond acceptors (Lipinski definition) is 7. The minimum Gasteiger partial charge on any atom is -0.365 e. The first-order valence-electron chi connectivity index (χ1n) is 11.3. The van der Waals surface area contributed by atoms with Gasteiger partial charge in [0.25, 0.3) is 6.43 Å². The van der Waals surface area contributed by atoms with Gasteiger partial charge in [-0.15, -0.1) is 0 Å². The van der Waals surface area contributed by atoms with Crippen molar-refractivity contribution < 1.29 is 18.0 Å². The Balaban J connectivity index is 1.52. The Morgan fingerprint density at radius 3 is 2.75 bits per heavy atom. The largest absolute Gasteiger partial charge is 0.365 e. The van der Waals surface area contributed by atoms with Gasteiger partial charge in [-0.1, -0.05) is 24.3 Å². The molecule has 3 heterocycles. The van der Waals surface area contributed by atoms with Crippen molar-refractivity contribution in [2.45, 2.75) is 32.1 Å². The van der Waals surface area contributed by atoms with E-state index < -0.39 is 17.8 Å². The maximum Gasteiger partial charge on any atom is 0.266 e. The Labute approximate surface area is 211 Å². The van der Waals surface area contributed by atoms with E-state index >= 15 is 0 Å². The first-order chi connectivity index (χ1) is 17.5. The smallest absolute Gasteiger partial charge is 0.266 e. The number of benzene rings is 1. The molecular weight excluding hydrogens is 495 g/mol. The average molecular weight is 520 g/mol. The topological polar surface area (TPSA) is 95.1 Å². The molecule has 1 aliphatic heterocycles. The van der Waals surface area contributed by atoms with E-state index in [-0.39, 0.29) is 23.4 Å². The number of aromatic nitrogens is 3. The van der Waals surface area contributed by atoms with Crippen LogP contribution in [0, 0.1) is 5.82 Å². The van der Waals surface area contributed by atoms with E-state index in [0.717, 1.165) is 22.9 Å². The van der Waals surface area contributed by atoms with E-state index in [1.807, 2.05) is 12.1 Å². The molecular formula is C24H25ClF3N7O. The second-order valence-corrected chi connectivity index (χ2v) is 8.56. The van der Waals surface area contributed by atoms with Gasteiger partial charge in [0.15, 0.2) is 0 Å². The Morgan fingerprint density at radius 2 is 2.00 bits per heavy atom. The molecule has 0 radical (unpaired) electrons. The van der Waals surface area contributed by atoms with E-state index in [4.69, 9.17) is 11.6 Å². The fourth-order valence-electron chi connectivity index (χ4n) is 4.19. The average Bonchev–Trinajstić information content (AvgIpc) is 3.29. The lowest BCUT2D eigenvalue weighted by Gasteiger charge is -2.28. The summed E-state index contributed by atoms with van der Waals surface area (Å²) in [5.74, 6) is -0.507. The first kappa shape index (κ1) is 25.8. The Hall–Kier alpha value is -3.28. The first-order valence-corrected chi connectivity index (χ1v) is 11.7. The summed E-state index contributed by atoms with van der Waals surface area (Å²) in [6.07, 6.45) is 1.26. The summed E-state index contributed by atoms with van der Waals surface area (Å²) < 4.78 is 40.7. The molecule has 4 rings (SSSR count). The molecule has 1 aromatic carbocycles. The number of pyridine rings is 1. The van der Waals surface area contributed by atoms with Crippen LogP contribution >= 0.6 is 11.6 Å². The molecule has 8 nitrogen and oxygen atoms in total. The van der Waals surface area contributed by atoms with Gasteiger partial charge in [0.2, 0.25) is 11.7 Å². The number of alkyl halides is 2. The Bertz CT molecular complexity index is 1190. The molecule has 0 spiro atoms. The quantitative estimate of drug-likeness (QED) is 0.191. The molecule has 36 heavy (non-hydrogen) atoms. The van der Waals surface area contributed by atoms with Crippen LogP contribution in [0.15, 0.2) is 42.7 Å². The highest BCUT2D eigenvalue weighted by molar-refractivity contribution is 6.28. The van der Waals surface area contributed by atoms with Crippen molar-refractivity contribution >= 4 is 23.8 Å². The second-order valence-electron chi connectivity index (χ2n) is 8.22. The number of halogens is 4. The van der Waals surface area contributed by atoms with E-state index in [1.165, 1.54) is 12.1 Å². The number of nitrogens with zero attached hydrogens (tertiary/aromatic N) is 4. The maximum atomic E-state index is 14.5. The minimum atomic E-state index is -2.90. The van der Waals surface area contributed by atoms with Crippen LogP contribution in [0.2, 0.25) is 5.28 Å². The Kier molecular flexibility index (Phi) is 8.68. The lowest BCUT2D eigenvalue weighted by atomic mass is 10.1. The number of amides is 1. The van der Waals surface area contributed by atoms with Gasteiger partial charge in [-0.3, -0.25) is 14.7 Å². The van der Waals surface area contributed by atoms with E-state index in [9.17, 15) is 18.0 Å². The van der Waals surface area contributed by atoms with Crippen molar-refractivity contribution in [3.63, 3.8) is 0 Å². The molecule has 0 saturated heterocycles. The van der Waals surface area contributed by atoms with E-state index in [1.54, 1.807) is 12.4 Å².